The van der Waals surface area contributed by atoms with Crippen LogP contribution in [0, 0.1) is 5.92 Å². The summed E-state index contributed by atoms with van der Waals surface area (Å²) < 4.78 is 0. The molecule has 0 spiro atoms. The summed E-state index contributed by atoms with van der Waals surface area (Å²) in [7, 11) is 1.83. The van der Waals surface area contributed by atoms with E-state index < -0.39 is 0 Å². The van der Waals surface area contributed by atoms with Gasteiger partial charge in [0.1, 0.15) is 0 Å². The van der Waals surface area contributed by atoms with Gasteiger partial charge >= 0.3 is 0 Å². The molecule has 122 valence electrons. The average Bonchev–Trinajstić information content (AvgIpc) is 3.27. The Morgan fingerprint density at radius 3 is 2.83 bits per heavy atom. The van der Waals surface area contributed by atoms with Gasteiger partial charge in [-0.1, -0.05) is 24.3 Å². The first kappa shape index (κ1) is 15.9. The normalized spacial score (nSPS) is 18.2. The summed E-state index contributed by atoms with van der Waals surface area (Å²) in [5.74, 6) is 1.55. The van der Waals surface area contributed by atoms with Crippen LogP contribution in [-0.4, -0.2) is 32.6 Å². The van der Waals surface area contributed by atoms with Crippen LogP contribution in [0.3, 0.4) is 0 Å². The molecule has 1 aromatic carbocycles. The Balaban J connectivity index is 1.43. The molecular formula is C18H24N4S. The molecule has 1 aliphatic heterocycles. The molecule has 2 aromatic rings. The molecule has 0 aliphatic carbocycles. The monoisotopic (exact) mass is 328 g/mol. The molecule has 0 bridgehead atoms. The predicted octanol–water partition coefficient (Wildman–Crippen LogP) is 2.94. The summed E-state index contributed by atoms with van der Waals surface area (Å²) >= 11 is 1.76. The van der Waals surface area contributed by atoms with Crippen LogP contribution in [0.4, 0.5) is 5.69 Å². The highest BCUT2D eigenvalue weighted by atomic mass is 32.1. The minimum Gasteiger partial charge on any atom is -0.371 e. The molecule has 1 fully saturated rings. The van der Waals surface area contributed by atoms with Crippen molar-refractivity contribution in [2.24, 2.45) is 10.9 Å². The number of nitrogens with zero attached hydrogens (tertiary/aromatic N) is 2. The first-order valence-corrected chi connectivity index (χ1v) is 9.00. The van der Waals surface area contributed by atoms with E-state index in [0.717, 1.165) is 32.1 Å². The number of thiophene rings is 1. The lowest BCUT2D eigenvalue weighted by Crippen LogP contribution is -2.39. The Labute approximate surface area is 142 Å². The van der Waals surface area contributed by atoms with E-state index in [1.54, 1.807) is 11.3 Å². The van der Waals surface area contributed by atoms with Gasteiger partial charge in [-0.25, -0.2) is 0 Å². The molecular weight excluding hydrogens is 304 g/mol. The van der Waals surface area contributed by atoms with Crippen LogP contribution >= 0.6 is 11.3 Å². The van der Waals surface area contributed by atoms with Crippen molar-refractivity contribution >= 4 is 23.0 Å². The van der Waals surface area contributed by atoms with Crippen LogP contribution in [0.5, 0.6) is 0 Å². The van der Waals surface area contributed by atoms with Crippen molar-refractivity contribution in [2.45, 2.75) is 13.0 Å². The summed E-state index contributed by atoms with van der Waals surface area (Å²) in [6.45, 7) is 4.04. The van der Waals surface area contributed by atoms with E-state index in [0.29, 0.717) is 5.92 Å². The third-order valence-corrected chi connectivity index (χ3v) is 5.08. The Bertz CT molecular complexity index is 609. The van der Waals surface area contributed by atoms with Crippen molar-refractivity contribution in [3.8, 4) is 0 Å². The molecule has 23 heavy (non-hydrogen) atoms. The second-order valence-electron chi connectivity index (χ2n) is 5.82. The molecule has 5 heteroatoms. The van der Waals surface area contributed by atoms with E-state index in [1.807, 2.05) is 7.05 Å². The third kappa shape index (κ3) is 4.48. The van der Waals surface area contributed by atoms with Crippen molar-refractivity contribution in [1.82, 2.24) is 10.6 Å². The Morgan fingerprint density at radius 1 is 1.22 bits per heavy atom. The summed E-state index contributed by atoms with van der Waals surface area (Å²) in [5, 5.41) is 8.94. The summed E-state index contributed by atoms with van der Waals surface area (Å²) in [5.41, 5.74) is 1.33. The van der Waals surface area contributed by atoms with E-state index in [2.05, 4.69) is 68.4 Å². The molecule has 4 nitrogen and oxygen atoms in total. The van der Waals surface area contributed by atoms with Crippen LogP contribution in [-0.2, 0) is 6.54 Å². The fourth-order valence-electron chi connectivity index (χ4n) is 2.92. The van der Waals surface area contributed by atoms with E-state index in [-0.39, 0.29) is 0 Å². The van der Waals surface area contributed by atoms with Gasteiger partial charge in [-0.15, -0.1) is 11.3 Å². The van der Waals surface area contributed by atoms with E-state index >= 15 is 0 Å². The molecule has 0 amide bonds. The van der Waals surface area contributed by atoms with Gasteiger partial charge in [0.25, 0.3) is 0 Å². The molecule has 2 N–H and O–H groups in total. The molecule has 2 heterocycles. The zero-order valence-corrected chi connectivity index (χ0v) is 14.4. The first-order chi connectivity index (χ1) is 11.3. The SMILES string of the molecule is CN=C(NCc1cccs1)NCC1CCN(c2ccccc2)C1. The number of anilines is 1. The minimum absolute atomic E-state index is 0.662. The highest BCUT2D eigenvalue weighted by Crippen LogP contribution is 2.22. The smallest absolute Gasteiger partial charge is 0.191 e. The number of para-hydroxylation sites is 1. The van der Waals surface area contributed by atoms with E-state index in [9.17, 15) is 0 Å². The number of benzene rings is 1. The number of hydrogen-bond acceptors (Lipinski definition) is 3. The topological polar surface area (TPSA) is 39.7 Å². The largest absolute Gasteiger partial charge is 0.371 e. The summed E-state index contributed by atoms with van der Waals surface area (Å²) in [6.07, 6.45) is 1.23. The van der Waals surface area contributed by atoms with Crippen molar-refractivity contribution in [3.05, 3.63) is 52.7 Å². The first-order valence-electron chi connectivity index (χ1n) is 8.12. The fraction of sp³-hybridized carbons (Fsp3) is 0.389. The second kappa shape index (κ2) is 8.02. The average molecular weight is 328 g/mol. The maximum absolute atomic E-state index is 4.31. The van der Waals surface area contributed by atoms with Crippen LogP contribution in [0.25, 0.3) is 0 Å². The van der Waals surface area contributed by atoms with Crippen LogP contribution < -0.4 is 15.5 Å². The molecule has 1 unspecified atom stereocenters. The van der Waals surface area contributed by atoms with Crippen LogP contribution in [0.1, 0.15) is 11.3 Å². The van der Waals surface area contributed by atoms with Gasteiger partial charge in [0, 0.05) is 37.2 Å². The highest BCUT2D eigenvalue weighted by Gasteiger charge is 2.22. The molecule has 1 aromatic heterocycles. The zero-order valence-electron chi connectivity index (χ0n) is 13.5. The number of hydrogen-bond donors (Lipinski definition) is 2. The maximum atomic E-state index is 4.31. The van der Waals surface area contributed by atoms with Gasteiger partial charge in [-0.3, -0.25) is 4.99 Å². The zero-order chi connectivity index (χ0) is 15.9. The van der Waals surface area contributed by atoms with E-state index in [1.165, 1.54) is 17.0 Å². The molecule has 0 radical (unpaired) electrons. The Hall–Kier alpha value is -2.01. The molecule has 1 atom stereocenters. The van der Waals surface area contributed by atoms with Crippen molar-refractivity contribution < 1.29 is 0 Å². The Kier molecular flexibility index (Phi) is 5.53. The van der Waals surface area contributed by atoms with Crippen LogP contribution in [0.2, 0.25) is 0 Å². The Morgan fingerprint density at radius 2 is 2.09 bits per heavy atom. The molecule has 1 saturated heterocycles. The number of aliphatic imine (C=N–C) groups is 1. The van der Waals surface area contributed by atoms with Crippen molar-refractivity contribution in [1.29, 1.82) is 0 Å². The van der Waals surface area contributed by atoms with Gasteiger partial charge in [-0.2, -0.15) is 0 Å². The number of rotatable bonds is 5. The van der Waals surface area contributed by atoms with Crippen molar-refractivity contribution in [2.75, 3.05) is 31.6 Å². The van der Waals surface area contributed by atoms with Gasteiger partial charge in [0.05, 0.1) is 6.54 Å². The fourth-order valence-corrected chi connectivity index (χ4v) is 3.56. The summed E-state index contributed by atoms with van der Waals surface area (Å²) in [6, 6.07) is 14.9. The lowest BCUT2D eigenvalue weighted by atomic mass is 10.1. The lowest BCUT2D eigenvalue weighted by Gasteiger charge is -2.19. The highest BCUT2D eigenvalue weighted by molar-refractivity contribution is 7.09. The quantitative estimate of drug-likeness (QED) is 0.655. The minimum atomic E-state index is 0.662. The molecule has 1 aliphatic rings. The van der Waals surface area contributed by atoms with Gasteiger partial charge in [-0.05, 0) is 35.9 Å². The number of nitrogens with one attached hydrogen (secondary N) is 2. The molecule has 0 saturated carbocycles. The molecule has 3 rings (SSSR count). The van der Waals surface area contributed by atoms with Crippen molar-refractivity contribution in [3.63, 3.8) is 0 Å². The van der Waals surface area contributed by atoms with Crippen LogP contribution in [0.15, 0.2) is 52.8 Å². The van der Waals surface area contributed by atoms with Gasteiger partial charge in [0.15, 0.2) is 5.96 Å². The predicted molar refractivity (Wildman–Crippen MR) is 99.3 cm³/mol. The van der Waals surface area contributed by atoms with Gasteiger partial charge in [0.2, 0.25) is 0 Å². The third-order valence-electron chi connectivity index (χ3n) is 4.20. The lowest BCUT2D eigenvalue weighted by molar-refractivity contribution is 0.566. The second-order valence-corrected chi connectivity index (χ2v) is 6.85. The summed E-state index contributed by atoms with van der Waals surface area (Å²) in [4.78, 5) is 8.10. The van der Waals surface area contributed by atoms with E-state index in [4.69, 9.17) is 0 Å². The number of guanidine groups is 1. The van der Waals surface area contributed by atoms with Gasteiger partial charge < -0.3 is 15.5 Å². The standard InChI is InChI=1S/C18H24N4S/c1-19-18(21-13-17-8-5-11-23-17)20-12-15-9-10-22(14-15)16-6-3-2-4-7-16/h2-8,11,15H,9-10,12-14H2,1H3,(H2,19,20,21). The maximum Gasteiger partial charge on any atom is 0.191 e.